The van der Waals surface area contributed by atoms with Crippen molar-refractivity contribution in [2.24, 2.45) is 0 Å². The normalized spacial score (nSPS) is 17.8. The maximum absolute atomic E-state index is 12.6. The first-order valence-corrected chi connectivity index (χ1v) is 9.24. The van der Waals surface area contributed by atoms with Gasteiger partial charge >= 0.3 is 0 Å². The molecule has 3 rings (SSSR count). The number of hydrogen-bond acceptors (Lipinski definition) is 6. The molecule has 0 fully saturated rings. The Morgan fingerprint density at radius 2 is 1.57 bits per heavy atom. The molecule has 0 bridgehead atoms. The minimum absolute atomic E-state index is 0.113. The van der Waals surface area contributed by atoms with Gasteiger partial charge in [0.2, 0.25) is 11.8 Å². The second-order valence-corrected chi connectivity index (χ2v) is 7.15. The van der Waals surface area contributed by atoms with Gasteiger partial charge in [-0.1, -0.05) is 0 Å². The predicted molar refractivity (Wildman–Crippen MR) is 109 cm³/mol. The number of hydrogen-bond donors (Lipinski definition) is 0. The summed E-state index contributed by atoms with van der Waals surface area (Å²) < 4.78 is 0. The molecule has 0 saturated carbocycles. The molecule has 156 valence electrons. The summed E-state index contributed by atoms with van der Waals surface area (Å²) >= 11 is 0. The number of carbonyl (C=O) groups is 2. The Hall–Kier alpha value is -3.82. The maximum atomic E-state index is 12.6. The van der Waals surface area contributed by atoms with Crippen LogP contribution in [0.2, 0.25) is 0 Å². The number of amides is 2. The van der Waals surface area contributed by atoms with Crippen molar-refractivity contribution in [2.45, 2.75) is 39.3 Å². The van der Waals surface area contributed by atoms with E-state index < -0.39 is 15.9 Å². The molecule has 0 N–H and O–H groups in total. The lowest BCUT2D eigenvalue weighted by molar-refractivity contribution is -0.385. The third-order valence-corrected chi connectivity index (χ3v) is 5.17. The number of nitro benzene ring substituents is 2. The Bertz CT molecular complexity index is 1040. The van der Waals surface area contributed by atoms with Gasteiger partial charge < -0.3 is 9.80 Å². The fraction of sp³-hybridized carbons (Fsp3) is 0.300. The topological polar surface area (TPSA) is 127 Å². The summed E-state index contributed by atoms with van der Waals surface area (Å²) in [5.74, 6) is -0.532. The van der Waals surface area contributed by atoms with E-state index in [0.717, 1.165) is 0 Å². The first-order chi connectivity index (χ1) is 14.1. The third-order valence-electron chi connectivity index (χ3n) is 5.17. The number of benzene rings is 2. The Balaban J connectivity index is 2.16. The lowest BCUT2D eigenvalue weighted by atomic mass is 9.89. The molecule has 1 aliphatic heterocycles. The van der Waals surface area contributed by atoms with Gasteiger partial charge in [-0.15, -0.1) is 0 Å². The second kappa shape index (κ2) is 7.90. The Morgan fingerprint density at radius 3 is 2.07 bits per heavy atom. The highest BCUT2D eigenvalue weighted by Gasteiger charge is 2.38. The van der Waals surface area contributed by atoms with Gasteiger partial charge in [0.15, 0.2) is 0 Å². The molecule has 2 amide bonds. The summed E-state index contributed by atoms with van der Waals surface area (Å²) in [6.07, 6.45) is 0.352. The molecule has 0 radical (unpaired) electrons. The van der Waals surface area contributed by atoms with E-state index in [4.69, 9.17) is 0 Å². The van der Waals surface area contributed by atoms with Gasteiger partial charge in [-0.3, -0.25) is 29.8 Å². The zero-order valence-corrected chi connectivity index (χ0v) is 16.6. The summed E-state index contributed by atoms with van der Waals surface area (Å²) in [4.78, 5) is 49.0. The standard InChI is InChI=1S/C20H20N4O6/c1-12-10-20(22(14(3)26)15-4-6-16(7-5-15)23(27)28)18-11-17(24(29)30)8-9-19(18)21(12)13(2)25/h4-9,11-12,20H,10H2,1-3H3. The molecule has 10 nitrogen and oxygen atoms in total. The first-order valence-electron chi connectivity index (χ1n) is 9.24. The van der Waals surface area contributed by atoms with Crippen molar-refractivity contribution in [3.05, 3.63) is 68.3 Å². The molecule has 1 heterocycles. The van der Waals surface area contributed by atoms with Crippen LogP contribution in [0, 0.1) is 20.2 Å². The van der Waals surface area contributed by atoms with Crippen molar-refractivity contribution in [1.29, 1.82) is 0 Å². The minimum Gasteiger partial charge on any atom is -0.309 e. The smallest absolute Gasteiger partial charge is 0.269 e. The molecule has 2 atom stereocenters. The average molecular weight is 412 g/mol. The van der Waals surface area contributed by atoms with Crippen LogP contribution in [0.15, 0.2) is 42.5 Å². The summed E-state index contributed by atoms with van der Waals surface area (Å²) in [5, 5.41) is 22.3. The average Bonchev–Trinajstić information content (AvgIpc) is 2.67. The summed E-state index contributed by atoms with van der Waals surface area (Å²) in [5.41, 5.74) is 1.15. The molecule has 1 aliphatic rings. The number of anilines is 2. The lowest BCUT2D eigenvalue weighted by Crippen LogP contribution is -2.46. The fourth-order valence-corrected chi connectivity index (χ4v) is 3.98. The van der Waals surface area contributed by atoms with Crippen molar-refractivity contribution in [3.8, 4) is 0 Å². The van der Waals surface area contributed by atoms with E-state index in [1.165, 1.54) is 61.2 Å². The fourth-order valence-electron chi connectivity index (χ4n) is 3.98. The van der Waals surface area contributed by atoms with E-state index >= 15 is 0 Å². The number of nitrogens with zero attached hydrogens (tertiary/aromatic N) is 4. The predicted octanol–water partition coefficient (Wildman–Crippen LogP) is 3.74. The summed E-state index contributed by atoms with van der Waals surface area (Å²) in [6.45, 7) is 4.62. The van der Waals surface area contributed by atoms with E-state index in [-0.39, 0.29) is 29.2 Å². The number of fused-ring (bicyclic) bond motifs is 1. The van der Waals surface area contributed by atoms with Gasteiger partial charge in [-0.25, -0.2) is 0 Å². The van der Waals surface area contributed by atoms with E-state index in [0.29, 0.717) is 23.4 Å². The highest BCUT2D eigenvalue weighted by molar-refractivity contribution is 5.96. The molecule has 2 aromatic rings. The Labute approximate surface area is 172 Å². The van der Waals surface area contributed by atoms with Crippen molar-refractivity contribution in [2.75, 3.05) is 9.80 Å². The van der Waals surface area contributed by atoms with Gasteiger partial charge in [-0.2, -0.15) is 0 Å². The number of rotatable bonds is 4. The van der Waals surface area contributed by atoms with Crippen LogP contribution in [0.4, 0.5) is 22.7 Å². The van der Waals surface area contributed by atoms with E-state index in [1.54, 1.807) is 4.90 Å². The van der Waals surface area contributed by atoms with Gasteiger partial charge in [0.25, 0.3) is 11.4 Å². The van der Waals surface area contributed by atoms with E-state index in [9.17, 15) is 29.8 Å². The van der Waals surface area contributed by atoms with Crippen LogP contribution in [0.25, 0.3) is 0 Å². The molecule has 2 unspecified atom stereocenters. The molecule has 0 saturated heterocycles. The van der Waals surface area contributed by atoms with Crippen molar-refractivity contribution >= 4 is 34.6 Å². The molecular weight excluding hydrogens is 392 g/mol. The van der Waals surface area contributed by atoms with Crippen LogP contribution in [0.3, 0.4) is 0 Å². The molecular formula is C20H20N4O6. The highest BCUT2D eigenvalue weighted by Crippen LogP contribution is 2.43. The molecule has 10 heteroatoms. The van der Waals surface area contributed by atoms with Crippen LogP contribution in [-0.4, -0.2) is 27.7 Å². The maximum Gasteiger partial charge on any atom is 0.269 e. The minimum atomic E-state index is -0.579. The van der Waals surface area contributed by atoms with Crippen molar-refractivity contribution < 1.29 is 19.4 Å². The zero-order valence-electron chi connectivity index (χ0n) is 16.6. The Kier molecular flexibility index (Phi) is 5.50. The van der Waals surface area contributed by atoms with Crippen molar-refractivity contribution in [3.63, 3.8) is 0 Å². The quantitative estimate of drug-likeness (QED) is 0.556. The Morgan fingerprint density at radius 1 is 1.00 bits per heavy atom. The van der Waals surface area contributed by atoms with Crippen molar-refractivity contribution in [1.82, 2.24) is 0 Å². The zero-order chi connectivity index (χ0) is 22.2. The SMILES string of the molecule is CC(=O)N1c2ccc([N+](=O)[O-])cc2C(N(C(C)=O)c2ccc([N+](=O)[O-])cc2)CC1C. The van der Waals surface area contributed by atoms with Crippen LogP contribution in [0.5, 0.6) is 0 Å². The van der Waals surface area contributed by atoms with Crippen LogP contribution >= 0.6 is 0 Å². The second-order valence-electron chi connectivity index (χ2n) is 7.15. The lowest BCUT2D eigenvalue weighted by Gasteiger charge is -2.42. The molecule has 0 aliphatic carbocycles. The monoisotopic (exact) mass is 412 g/mol. The first kappa shape index (κ1) is 20.9. The molecule has 2 aromatic carbocycles. The highest BCUT2D eigenvalue weighted by atomic mass is 16.6. The van der Waals surface area contributed by atoms with Gasteiger partial charge in [-0.05, 0) is 31.5 Å². The summed E-state index contributed by atoms with van der Waals surface area (Å²) in [7, 11) is 0. The van der Waals surface area contributed by atoms with E-state index in [1.807, 2.05) is 6.92 Å². The largest absolute Gasteiger partial charge is 0.309 e. The van der Waals surface area contributed by atoms with E-state index in [2.05, 4.69) is 0 Å². The van der Waals surface area contributed by atoms with Gasteiger partial charge in [0.1, 0.15) is 0 Å². The third kappa shape index (κ3) is 3.71. The van der Waals surface area contributed by atoms with Crippen LogP contribution in [-0.2, 0) is 9.59 Å². The van der Waals surface area contributed by atoms with Crippen LogP contribution in [0.1, 0.15) is 38.8 Å². The van der Waals surface area contributed by atoms with Gasteiger partial charge in [0, 0.05) is 61.1 Å². The molecule has 0 aromatic heterocycles. The number of nitro groups is 2. The molecule has 0 spiro atoms. The number of non-ortho nitro benzene ring substituents is 2. The van der Waals surface area contributed by atoms with Gasteiger partial charge in [0.05, 0.1) is 15.9 Å². The summed E-state index contributed by atoms with van der Waals surface area (Å²) in [6, 6.07) is 8.92. The molecule has 30 heavy (non-hydrogen) atoms. The number of carbonyl (C=O) groups excluding carboxylic acids is 2. The van der Waals surface area contributed by atoms with Crippen LogP contribution < -0.4 is 9.80 Å².